The molecule has 0 bridgehead atoms. The Balaban J connectivity index is 1.38. The van der Waals surface area contributed by atoms with Gasteiger partial charge in [0.1, 0.15) is 5.69 Å². The summed E-state index contributed by atoms with van der Waals surface area (Å²) in [6, 6.07) is 28.4. The number of aromatic nitrogens is 1. The van der Waals surface area contributed by atoms with Crippen LogP contribution in [0.5, 0.6) is 0 Å². The maximum Gasteiger partial charge on any atom is 0.350 e. The highest BCUT2D eigenvalue weighted by molar-refractivity contribution is 5.77. The second-order valence-corrected chi connectivity index (χ2v) is 10.5. The van der Waals surface area contributed by atoms with Gasteiger partial charge in [0, 0.05) is 17.7 Å². The molecule has 4 aromatic rings. The van der Waals surface area contributed by atoms with E-state index in [9.17, 15) is 4.79 Å². The van der Waals surface area contributed by atoms with Crippen molar-refractivity contribution in [2.45, 2.75) is 63.8 Å². The Morgan fingerprint density at radius 1 is 0.925 bits per heavy atom. The van der Waals surface area contributed by atoms with Crippen molar-refractivity contribution in [3.63, 3.8) is 0 Å². The standard InChI is InChI=1S/C34H36N2O4/c1-2-38-34(37)33(39-29-22-13-19-24-14-9-10-20-27(24)29)36-23-12-11-21-28(36)32-35-30(25-15-5-3-6-16-25)31(40-32)26-17-7-4-8-18-26/h3-10,14-18,20,28-29,33H,2,11-13,19,21-23H2,1H3. The third kappa shape index (κ3) is 5.47. The highest BCUT2D eigenvalue weighted by atomic mass is 16.6. The van der Waals surface area contributed by atoms with Gasteiger partial charge in [-0.3, -0.25) is 4.90 Å². The number of piperidine rings is 1. The molecule has 0 radical (unpaired) electrons. The molecule has 0 N–H and O–H groups in total. The Bertz CT molecular complexity index is 1360. The first kappa shape index (κ1) is 26.5. The first-order chi connectivity index (χ1) is 19.7. The number of ether oxygens (including phenoxy) is 2. The van der Waals surface area contributed by atoms with Gasteiger partial charge in [0.2, 0.25) is 12.1 Å². The summed E-state index contributed by atoms with van der Waals surface area (Å²) in [6.07, 6.45) is 4.75. The largest absolute Gasteiger partial charge is 0.463 e. The molecule has 40 heavy (non-hydrogen) atoms. The maximum atomic E-state index is 13.5. The molecule has 3 aromatic carbocycles. The fourth-order valence-corrected chi connectivity index (χ4v) is 6.04. The van der Waals surface area contributed by atoms with Crippen molar-refractivity contribution in [1.82, 2.24) is 9.88 Å². The molecule has 6 heteroatoms. The smallest absolute Gasteiger partial charge is 0.350 e. The van der Waals surface area contributed by atoms with Crippen molar-refractivity contribution in [2.75, 3.05) is 13.2 Å². The molecular formula is C34H36N2O4. The van der Waals surface area contributed by atoms with Gasteiger partial charge >= 0.3 is 5.97 Å². The zero-order chi connectivity index (χ0) is 27.3. The summed E-state index contributed by atoms with van der Waals surface area (Å²) in [5.74, 6) is 0.997. The van der Waals surface area contributed by atoms with Gasteiger partial charge in [-0.05, 0) is 50.2 Å². The third-order valence-electron chi connectivity index (χ3n) is 7.95. The van der Waals surface area contributed by atoms with Crippen molar-refractivity contribution in [3.05, 3.63) is 102 Å². The van der Waals surface area contributed by atoms with Crippen LogP contribution in [-0.4, -0.2) is 35.2 Å². The molecule has 3 unspecified atom stereocenters. The average molecular weight is 537 g/mol. The molecule has 0 spiro atoms. The van der Waals surface area contributed by atoms with Crippen LogP contribution in [0.2, 0.25) is 0 Å². The SMILES string of the molecule is CCOC(=O)C(OC1CCCc2ccccc21)N1CCCCC1c1nc(-c2ccccc2)c(-c2ccccc2)o1. The predicted octanol–water partition coefficient (Wildman–Crippen LogP) is 7.52. The number of hydrogen-bond acceptors (Lipinski definition) is 6. The normalized spacial score (nSPS) is 20.0. The summed E-state index contributed by atoms with van der Waals surface area (Å²) in [5.41, 5.74) is 5.24. The van der Waals surface area contributed by atoms with Crippen LogP contribution in [0.3, 0.4) is 0 Å². The highest BCUT2D eigenvalue weighted by Crippen LogP contribution is 2.41. The monoisotopic (exact) mass is 536 g/mol. The lowest BCUT2D eigenvalue weighted by Gasteiger charge is -2.40. The number of benzene rings is 3. The minimum absolute atomic E-state index is 0.161. The van der Waals surface area contributed by atoms with E-state index in [0.29, 0.717) is 19.0 Å². The number of fused-ring (bicyclic) bond motifs is 1. The third-order valence-corrected chi connectivity index (χ3v) is 7.95. The van der Waals surface area contributed by atoms with Crippen LogP contribution in [0.25, 0.3) is 22.6 Å². The summed E-state index contributed by atoms with van der Waals surface area (Å²) < 4.78 is 18.9. The van der Waals surface area contributed by atoms with Crippen LogP contribution in [0, 0.1) is 0 Å². The number of likely N-dealkylation sites (tertiary alicyclic amines) is 1. The van der Waals surface area contributed by atoms with Crippen molar-refractivity contribution < 1.29 is 18.7 Å². The summed E-state index contributed by atoms with van der Waals surface area (Å²) in [5, 5.41) is 0. The van der Waals surface area contributed by atoms with Crippen LogP contribution in [0.4, 0.5) is 0 Å². The van der Waals surface area contributed by atoms with Gasteiger partial charge in [-0.25, -0.2) is 9.78 Å². The molecule has 1 saturated heterocycles. The summed E-state index contributed by atoms with van der Waals surface area (Å²) in [6.45, 7) is 2.84. The second kappa shape index (κ2) is 12.2. The number of oxazole rings is 1. The minimum Gasteiger partial charge on any atom is -0.463 e. The van der Waals surface area contributed by atoms with Gasteiger partial charge in [-0.2, -0.15) is 0 Å². The zero-order valence-electron chi connectivity index (χ0n) is 23.0. The quantitative estimate of drug-likeness (QED) is 0.217. The van der Waals surface area contributed by atoms with Gasteiger partial charge in [0.05, 0.1) is 18.8 Å². The van der Waals surface area contributed by atoms with E-state index in [0.717, 1.165) is 61.1 Å². The van der Waals surface area contributed by atoms with Crippen LogP contribution >= 0.6 is 0 Å². The van der Waals surface area contributed by atoms with E-state index in [-0.39, 0.29) is 18.1 Å². The lowest BCUT2D eigenvalue weighted by molar-refractivity contribution is -0.187. The molecule has 3 atom stereocenters. The maximum absolute atomic E-state index is 13.5. The predicted molar refractivity (Wildman–Crippen MR) is 154 cm³/mol. The van der Waals surface area contributed by atoms with E-state index in [1.54, 1.807) is 0 Å². The molecule has 6 nitrogen and oxygen atoms in total. The average Bonchev–Trinajstić information content (AvgIpc) is 3.46. The van der Waals surface area contributed by atoms with Gasteiger partial charge in [-0.1, -0.05) is 91.3 Å². The van der Waals surface area contributed by atoms with Crippen LogP contribution in [-0.2, 0) is 20.7 Å². The topological polar surface area (TPSA) is 64.8 Å². The van der Waals surface area contributed by atoms with Gasteiger partial charge < -0.3 is 13.9 Å². The number of esters is 1. The molecule has 0 amide bonds. The van der Waals surface area contributed by atoms with Crippen molar-refractivity contribution in [3.8, 4) is 22.6 Å². The molecular weight excluding hydrogens is 500 g/mol. The van der Waals surface area contributed by atoms with Crippen LogP contribution in [0.15, 0.2) is 89.3 Å². The minimum atomic E-state index is -0.839. The Labute approximate surface area is 235 Å². The molecule has 1 fully saturated rings. The Morgan fingerprint density at radius 2 is 1.65 bits per heavy atom. The number of hydrogen-bond donors (Lipinski definition) is 0. The molecule has 2 aliphatic rings. The summed E-state index contributed by atoms with van der Waals surface area (Å²) >= 11 is 0. The fourth-order valence-electron chi connectivity index (χ4n) is 6.04. The Kier molecular flexibility index (Phi) is 8.07. The molecule has 1 aromatic heterocycles. The lowest BCUT2D eigenvalue weighted by atomic mass is 9.89. The van der Waals surface area contributed by atoms with E-state index in [4.69, 9.17) is 18.9 Å². The highest BCUT2D eigenvalue weighted by Gasteiger charge is 2.40. The van der Waals surface area contributed by atoms with Crippen LogP contribution in [0.1, 0.15) is 68.2 Å². The zero-order valence-corrected chi connectivity index (χ0v) is 23.0. The van der Waals surface area contributed by atoms with Gasteiger partial charge in [-0.15, -0.1) is 0 Å². The van der Waals surface area contributed by atoms with E-state index in [2.05, 4.69) is 35.2 Å². The summed E-state index contributed by atoms with van der Waals surface area (Å²) in [7, 11) is 0. The van der Waals surface area contributed by atoms with E-state index in [1.165, 1.54) is 11.1 Å². The fraction of sp³-hybridized carbons (Fsp3) is 0.353. The van der Waals surface area contributed by atoms with E-state index >= 15 is 0 Å². The number of carbonyl (C=O) groups is 1. The van der Waals surface area contributed by atoms with Gasteiger partial charge in [0.25, 0.3) is 0 Å². The lowest BCUT2D eigenvalue weighted by Crippen LogP contribution is -2.49. The van der Waals surface area contributed by atoms with Crippen molar-refractivity contribution >= 4 is 5.97 Å². The first-order valence-corrected chi connectivity index (χ1v) is 14.5. The van der Waals surface area contributed by atoms with E-state index in [1.807, 2.05) is 61.5 Å². The number of rotatable bonds is 8. The molecule has 2 heterocycles. The molecule has 206 valence electrons. The molecule has 6 rings (SSSR count). The van der Waals surface area contributed by atoms with Gasteiger partial charge in [0.15, 0.2) is 5.76 Å². The van der Waals surface area contributed by atoms with Crippen LogP contribution < -0.4 is 0 Å². The Hall–Kier alpha value is -3.74. The second-order valence-electron chi connectivity index (χ2n) is 10.5. The number of aryl methyl sites for hydroxylation is 1. The number of nitrogens with zero attached hydrogens (tertiary/aromatic N) is 2. The van der Waals surface area contributed by atoms with E-state index < -0.39 is 6.23 Å². The molecule has 0 saturated carbocycles. The number of carbonyl (C=O) groups excluding carboxylic acids is 1. The molecule has 1 aliphatic heterocycles. The first-order valence-electron chi connectivity index (χ1n) is 14.5. The Morgan fingerprint density at radius 3 is 2.42 bits per heavy atom. The van der Waals surface area contributed by atoms with Crippen molar-refractivity contribution in [1.29, 1.82) is 0 Å². The van der Waals surface area contributed by atoms with Crippen molar-refractivity contribution in [2.24, 2.45) is 0 Å². The molecule has 1 aliphatic carbocycles. The summed E-state index contributed by atoms with van der Waals surface area (Å²) in [4.78, 5) is 20.7.